The molecule has 0 aliphatic carbocycles. The van der Waals surface area contributed by atoms with Crippen molar-refractivity contribution in [3.05, 3.63) is 58.6 Å². The van der Waals surface area contributed by atoms with Crippen molar-refractivity contribution in [1.82, 2.24) is 4.90 Å². The number of halogens is 1. The zero-order valence-corrected chi connectivity index (χ0v) is 19.1. The predicted molar refractivity (Wildman–Crippen MR) is 125 cm³/mol. The summed E-state index contributed by atoms with van der Waals surface area (Å²) >= 11 is 6.17. The van der Waals surface area contributed by atoms with E-state index in [-0.39, 0.29) is 0 Å². The van der Waals surface area contributed by atoms with Gasteiger partial charge in [-0.05, 0) is 48.7 Å². The smallest absolute Gasteiger partial charge is 0.119 e. The standard InChI is InChI=1S/C25H30ClN3O3/c26-24-17-22(4-3-21(24)18-27)29-10-7-25(30,8-11-29)9-14-32-23-5-1-20(2-6-23)19-28-12-15-31-16-13-28/h1-6,17,30H,7-16,19H2. The Balaban J connectivity index is 1.21. The van der Waals surface area contributed by atoms with Gasteiger partial charge < -0.3 is 19.5 Å². The van der Waals surface area contributed by atoms with E-state index in [0.717, 1.165) is 57.4 Å². The van der Waals surface area contributed by atoms with Gasteiger partial charge in [0.1, 0.15) is 11.8 Å². The number of piperidine rings is 1. The number of aliphatic hydroxyl groups is 1. The molecular formula is C25H30ClN3O3. The molecule has 0 bridgehead atoms. The molecule has 7 heteroatoms. The lowest BCUT2D eigenvalue weighted by molar-refractivity contribution is -0.00268. The van der Waals surface area contributed by atoms with Gasteiger partial charge in [-0.25, -0.2) is 0 Å². The fourth-order valence-electron chi connectivity index (χ4n) is 4.29. The number of morpholine rings is 1. The second-order valence-corrected chi connectivity index (χ2v) is 9.03. The third-order valence-electron chi connectivity index (χ3n) is 6.40. The van der Waals surface area contributed by atoms with Crippen LogP contribution in [0.1, 0.15) is 30.4 Å². The first kappa shape index (κ1) is 22.9. The van der Waals surface area contributed by atoms with E-state index in [1.54, 1.807) is 6.07 Å². The van der Waals surface area contributed by atoms with E-state index in [0.29, 0.717) is 36.5 Å². The van der Waals surface area contributed by atoms with Gasteiger partial charge in [0.05, 0.1) is 36.0 Å². The highest BCUT2D eigenvalue weighted by Gasteiger charge is 2.32. The van der Waals surface area contributed by atoms with Gasteiger partial charge in [0.15, 0.2) is 0 Å². The molecule has 2 aliphatic rings. The highest BCUT2D eigenvalue weighted by molar-refractivity contribution is 6.32. The molecule has 0 aromatic heterocycles. The molecule has 6 nitrogen and oxygen atoms in total. The predicted octanol–water partition coefficient (Wildman–Crippen LogP) is 3.84. The van der Waals surface area contributed by atoms with Crippen LogP contribution in [0.25, 0.3) is 0 Å². The fourth-order valence-corrected chi connectivity index (χ4v) is 4.51. The molecule has 2 heterocycles. The molecule has 0 radical (unpaired) electrons. The maximum atomic E-state index is 11.0. The highest BCUT2D eigenvalue weighted by atomic mass is 35.5. The molecule has 0 amide bonds. The third kappa shape index (κ3) is 5.93. The number of nitriles is 1. The quantitative estimate of drug-likeness (QED) is 0.684. The number of benzene rings is 2. The molecule has 0 spiro atoms. The Labute approximate surface area is 194 Å². The van der Waals surface area contributed by atoms with Crippen molar-refractivity contribution in [3.63, 3.8) is 0 Å². The van der Waals surface area contributed by atoms with Crippen LogP contribution in [0.5, 0.6) is 5.75 Å². The summed E-state index contributed by atoms with van der Waals surface area (Å²) < 4.78 is 11.3. The fraction of sp³-hybridized carbons (Fsp3) is 0.480. The number of ether oxygens (including phenoxy) is 2. The lowest BCUT2D eigenvalue weighted by Gasteiger charge is -2.39. The van der Waals surface area contributed by atoms with Crippen LogP contribution >= 0.6 is 11.6 Å². The Kier molecular flexibility index (Phi) is 7.54. The lowest BCUT2D eigenvalue weighted by atomic mass is 9.88. The Hall–Kier alpha value is -2.30. The summed E-state index contributed by atoms with van der Waals surface area (Å²) in [4.78, 5) is 4.60. The summed E-state index contributed by atoms with van der Waals surface area (Å²) in [5.74, 6) is 0.837. The van der Waals surface area contributed by atoms with E-state index in [9.17, 15) is 5.11 Å². The lowest BCUT2D eigenvalue weighted by Crippen LogP contribution is -2.45. The van der Waals surface area contributed by atoms with Gasteiger partial charge >= 0.3 is 0 Å². The summed E-state index contributed by atoms with van der Waals surface area (Å²) in [7, 11) is 0. The minimum atomic E-state index is -0.719. The van der Waals surface area contributed by atoms with E-state index < -0.39 is 5.60 Å². The molecular weight excluding hydrogens is 426 g/mol. The SMILES string of the molecule is N#Cc1ccc(N2CCC(O)(CCOc3ccc(CN4CCOCC4)cc3)CC2)cc1Cl. The van der Waals surface area contributed by atoms with Crippen molar-refractivity contribution < 1.29 is 14.6 Å². The van der Waals surface area contributed by atoms with Crippen LogP contribution in [0.4, 0.5) is 5.69 Å². The first-order valence-corrected chi connectivity index (χ1v) is 11.6. The minimum absolute atomic E-state index is 0.468. The van der Waals surface area contributed by atoms with Crippen molar-refractivity contribution >= 4 is 17.3 Å². The Morgan fingerprint density at radius 2 is 1.78 bits per heavy atom. The van der Waals surface area contributed by atoms with Crippen LogP contribution in [0.3, 0.4) is 0 Å². The summed E-state index contributed by atoms with van der Waals surface area (Å²) in [6.45, 7) is 6.49. The molecule has 0 saturated carbocycles. The number of nitrogens with zero attached hydrogens (tertiary/aromatic N) is 3. The Morgan fingerprint density at radius 3 is 2.44 bits per heavy atom. The third-order valence-corrected chi connectivity index (χ3v) is 6.71. The summed E-state index contributed by atoms with van der Waals surface area (Å²) in [5.41, 5.74) is 2.02. The maximum absolute atomic E-state index is 11.0. The zero-order chi connectivity index (χ0) is 22.4. The Bertz CT molecular complexity index is 930. The summed E-state index contributed by atoms with van der Waals surface area (Å²) in [6, 6.07) is 15.8. The molecule has 0 atom stereocenters. The average molecular weight is 456 g/mol. The maximum Gasteiger partial charge on any atom is 0.119 e. The van der Waals surface area contributed by atoms with Gasteiger partial charge in [-0.3, -0.25) is 4.90 Å². The Morgan fingerprint density at radius 1 is 1.06 bits per heavy atom. The van der Waals surface area contributed by atoms with Crippen molar-refractivity contribution in [3.8, 4) is 11.8 Å². The molecule has 4 rings (SSSR count). The van der Waals surface area contributed by atoms with Crippen molar-refractivity contribution in [1.29, 1.82) is 5.26 Å². The molecule has 2 aromatic rings. The molecule has 2 saturated heterocycles. The van der Waals surface area contributed by atoms with Crippen LogP contribution in [0, 0.1) is 11.3 Å². The number of anilines is 1. The normalized spacial score (nSPS) is 18.8. The van der Waals surface area contributed by atoms with Gasteiger partial charge in [0.25, 0.3) is 0 Å². The number of hydrogen-bond acceptors (Lipinski definition) is 6. The summed E-state index contributed by atoms with van der Waals surface area (Å²) in [6.07, 6.45) is 1.95. The largest absolute Gasteiger partial charge is 0.493 e. The van der Waals surface area contributed by atoms with Crippen LogP contribution < -0.4 is 9.64 Å². The van der Waals surface area contributed by atoms with Crippen LogP contribution in [0.15, 0.2) is 42.5 Å². The van der Waals surface area contributed by atoms with Crippen LogP contribution in [-0.4, -0.2) is 61.6 Å². The second kappa shape index (κ2) is 10.5. The van der Waals surface area contributed by atoms with E-state index in [2.05, 4.69) is 28.0 Å². The number of rotatable bonds is 7. The van der Waals surface area contributed by atoms with Gasteiger partial charge in [-0.2, -0.15) is 5.26 Å². The molecule has 2 fully saturated rings. The first-order chi connectivity index (χ1) is 15.5. The van der Waals surface area contributed by atoms with Crippen LogP contribution in [-0.2, 0) is 11.3 Å². The van der Waals surface area contributed by atoms with Gasteiger partial charge in [0, 0.05) is 44.8 Å². The second-order valence-electron chi connectivity index (χ2n) is 8.62. The van der Waals surface area contributed by atoms with Gasteiger partial charge in [-0.1, -0.05) is 23.7 Å². The van der Waals surface area contributed by atoms with Gasteiger partial charge in [-0.15, -0.1) is 0 Å². The minimum Gasteiger partial charge on any atom is -0.493 e. The van der Waals surface area contributed by atoms with E-state index >= 15 is 0 Å². The number of hydrogen-bond donors (Lipinski definition) is 1. The zero-order valence-electron chi connectivity index (χ0n) is 18.3. The van der Waals surface area contributed by atoms with Gasteiger partial charge in [0.2, 0.25) is 0 Å². The van der Waals surface area contributed by atoms with Crippen molar-refractivity contribution in [2.75, 3.05) is 50.9 Å². The monoisotopic (exact) mass is 455 g/mol. The molecule has 1 N–H and O–H groups in total. The topological polar surface area (TPSA) is 69.0 Å². The first-order valence-electron chi connectivity index (χ1n) is 11.2. The molecule has 0 unspecified atom stereocenters. The van der Waals surface area contributed by atoms with E-state index in [4.69, 9.17) is 26.3 Å². The van der Waals surface area contributed by atoms with Crippen LogP contribution in [0.2, 0.25) is 5.02 Å². The van der Waals surface area contributed by atoms with E-state index in [1.165, 1.54) is 5.56 Å². The van der Waals surface area contributed by atoms with Crippen molar-refractivity contribution in [2.45, 2.75) is 31.4 Å². The molecule has 2 aliphatic heterocycles. The molecule has 2 aromatic carbocycles. The molecule has 32 heavy (non-hydrogen) atoms. The van der Waals surface area contributed by atoms with E-state index in [1.807, 2.05) is 24.3 Å². The summed E-state index contributed by atoms with van der Waals surface area (Å²) in [5, 5.41) is 20.5. The van der Waals surface area contributed by atoms with Crippen molar-refractivity contribution in [2.24, 2.45) is 0 Å². The molecule has 170 valence electrons. The highest BCUT2D eigenvalue weighted by Crippen LogP contribution is 2.31. The average Bonchev–Trinajstić information content (AvgIpc) is 2.81.